The third-order valence-corrected chi connectivity index (χ3v) is 4.41. The van der Waals surface area contributed by atoms with Crippen molar-refractivity contribution in [3.05, 3.63) is 84.4 Å². The number of carbonyl (C=O) groups excluding carboxylic acids is 2. The molecular weight excluding hydrogens is 366 g/mol. The summed E-state index contributed by atoms with van der Waals surface area (Å²) in [5.74, 6) is 1.18. The van der Waals surface area contributed by atoms with Crippen molar-refractivity contribution in [1.82, 2.24) is 5.32 Å². The van der Waals surface area contributed by atoms with Crippen LogP contribution in [0.1, 0.15) is 23.2 Å². The first-order valence-electron chi connectivity index (χ1n) is 9.48. The number of hydrogen-bond acceptors (Lipinski definition) is 3. The number of rotatable bonds is 6. The van der Waals surface area contributed by atoms with Crippen molar-refractivity contribution in [2.75, 3.05) is 10.6 Å². The lowest BCUT2D eigenvalue weighted by Crippen LogP contribution is -2.30. The van der Waals surface area contributed by atoms with Crippen LogP contribution in [-0.2, 0) is 0 Å². The van der Waals surface area contributed by atoms with Crippen LogP contribution in [0.4, 0.5) is 16.2 Å². The van der Waals surface area contributed by atoms with Gasteiger partial charge < -0.3 is 20.7 Å². The maximum Gasteiger partial charge on any atom is 0.319 e. The van der Waals surface area contributed by atoms with Gasteiger partial charge in [0.25, 0.3) is 5.91 Å². The van der Waals surface area contributed by atoms with Crippen molar-refractivity contribution < 1.29 is 14.3 Å². The second-order valence-corrected chi connectivity index (χ2v) is 6.84. The minimum absolute atomic E-state index is 0.206. The van der Waals surface area contributed by atoms with E-state index in [1.54, 1.807) is 48.5 Å². The summed E-state index contributed by atoms with van der Waals surface area (Å²) < 4.78 is 5.73. The molecule has 1 saturated carbocycles. The van der Waals surface area contributed by atoms with Gasteiger partial charge in [-0.05, 0) is 73.5 Å². The lowest BCUT2D eigenvalue weighted by molar-refractivity contribution is 0.102. The maximum absolute atomic E-state index is 12.4. The van der Waals surface area contributed by atoms with Crippen LogP contribution in [0.25, 0.3) is 0 Å². The highest BCUT2D eigenvalue weighted by Crippen LogP contribution is 2.22. The van der Waals surface area contributed by atoms with E-state index in [1.165, 1.54) is 0 Å². The number of nitrogens with one attached hydrogen (secondary N) is 3. The quantitative estimate of drug-likeness (QED) is 0.556. The van der Waals surface area contributed by atoms with E-state index in [4.69, 9.17) is 4.74 Å². The van der Waals surface area contributed by atoms with Gasteiger partial charge in [-0.15, -0.1) is 0 Å². The largest absolute Gasteiger partial charge is 0.457 e. The minimum atomic E-state index is -0.219. The second-order valence-electron chi connectivity index (χ2n) is 6.84. The summed E-state index contributed by atoms with van der Waals surface area (Å²) in [5.41, 5.74) is 1.84. The van der Waals surface area contributed by atoms with Crippen LogP contribution in [0.3, 0.4) is 0 Å². The number of ether oxygens (including phenoxy) is 1. The van der Waals surface area contributed by atoms with Crippen molar-refractivity contribution in [2.24, 2.45) is 0 Å². The molecule has 0 atom stereocenters. The fourth-order valence-electron chi connectivity index (χ4n) is 2.72. The van der Waals surface area contributed by atoms with E-state index in [1.807, 2.05) is 30.3 Å². The van der Waals surface area contributed by atoms with Crippen LogP contribution in [0, 0.1) is 0 Å². The highest BCUT2D eigenvalue weighted by Gasteiger charge is 2.23. The molecule has 0 radical (unpaired) electrons. The number of carbonyl (C=O) groups is 2. The van der Waals surface area contributed by atoms with Crippen molar-refractivity contribution in [3.8, 4) is 11.5 Å². The number of para-hydroxylation sites is 1. The van der Waals surface area contributed by atoms with Crippen molar-refractivity contribution in [3.63, 3.8) is 0 Å². The molecule has 1 aliphatic rings. The molecule has 4 rings (SSSR count). The van der Waals surface area contributed by atoms with Crippen molar-refractivity contribution in [1.29, 1.82) is 0 Å². The average molecular weight is 387 g/mol. The Morgan fingerprint density at radius 2 is 1.31 bits per heavy atom. The van der Waals surface area contributed by atoms with Crippen LogP contribution < -0.4 is 20.7 Å². The fraction of sp³-hybridized carbons (Fsp3) is 0.130. The van der Waals surface area contributed by atoms with Crippen molar-refractivity contribution in [2.45, 2.75) is 18.9 Å². The van der Waals surface area contributed by atoms with Crippen LogP contribution >= 0.6 is 0 Å². The monoisotopic (exact) mass is 387 g/mol. The van der Waals surface area contributed by atoms with Gasteiger partial charge >= 0.3 is 6.03 Å². The fourth-order valence-corrected chi connectivity index (χ4v) is 2.72. The van der Waals surface area contributed by atoms with E-state index in [-0.39, 0.29) is 11.9 Å². The van der Waals surface area contributed by atoms with Crippen LogP contribution in [0.15, 0.2) is 78.9 Å². The van der Waals surface area contributed by atoms with Gasteiger partial charge in [-0.2, -0.15) is 0 Å². The SMILES string of the molecule is O=C(Nc1ccc(NC(=O)c2ccc(Oc3ccccc3)cc2)cc1)NC1CC1. The number of benzene rings is 3. The molecule has 29 heavy (non-hydrogen) atoms. The zero-order valence-corrected chi connectivity index (χ0v) is 15.7. The lowest BCUT2D eigenvalue weighted by Gasteiger charge is -2.09. The Morgan fingerprint density at radius 1 is 0.724 bits per heavy atom. The molecule has 1 aliphatic carbocycles. The molecule has 0 unspecified atom stereocenters. The predicted octanol–water partition coefficient (Wildman–Crippen LogP) is 5.02. The molecule has 3 aromatic rings. The normalized spacial score (nSPS) is 12.7. The summed E-state index contributed by atoms with van der Waals surface area (Å²) in [6.07, 6.45) is 2.08. The first kappa shape index (κ1) is 18.6. The van der Waals surface area contributed by atoms with Gasteiger partial charge in [0, 0.05) is 23.0 Å². The Kier molecular flexibility index (Phi) is 5.42. The molecule has 6 nitrogen and oxygen atoms in total. The Balaban J connectivity index is 1.31. The van der Waals surface area contributed by atoms with Gasteiger partial charge in [0.15, 0.2) is 0 Å². The summed E-state index contributed by atoms with van der Waals surface area (Å²) in [5, 5.41) is 8.48. The third-order valence-electron chi connectivity index (χ3n) is 4.41. The third kappa shape index (κ3) is 5.35. The number of amides is 3. The predicted molar refractivity (Wildman–Crippen MR) is 113 cm³/mol. The molecule has 0 bridgehead atoms. The Bertz CT molecular complexity index is 982. The number of anilines is 2. The number of urea groups is 1. The zero-order valence-electron chi connectivity index (χ0n) is 15.7. The lowest BCUT2D eigenvalue weighted by atomic mass is 10.2. The highest BCUT2D eigenvalue weighted by molar-refractivity contribution is 6.04. The smallest absolute Gasteiger partial charge is 0.319 e. The second kappa shape index (κ2) is 8.48. The molecule has 146 valence electrons. The van der Waals surface area contributed by atoms with Crippen LogP contribution in [-0.4, -0.2) is 18.0 Å². The molecule has 0 saturated heterocycles. The van der Waals surface area contributed by atoms with Gasteiger partial charge in [-0.3, -0.25) is 4.79 Å². The average Bonchev–Trinajstić information content (AvgIpc) is 3.54. The molecule has 3 amide bonds. The molecule has 6 heteroatoms. The van der Waals surface area contributed by atoms with Crippen LogP contribution in [0.5, 0.6) is 11.5 Å². The Labute approximate surface area is 168 Å². The first-order chi connectivity index (χ1) is 14.2. The zero-order chi connectivity index (χ0) is 20.1. The molecule has 3 N–H and O–H groups in total. The molecule has 0 spiro atoms. The van der Waals surface area contributed by atoms with Crippen molar-refractivity contribution >= 4 is 23.3 Å². The summed E-state index contributed by atoms with van der Waals surface area (Å²) in [6.45, 7) is 0. The van der Waals surface area contributed by atoms with Gasteiger partial charge in [-0.25, -0.2) is 4.79 Å². The van der Waals surface area contributed by atoms with E-state index in [0.29, 0.717) is 28.7 Å². The van der Waals surface area contributed by atoms with Gasteiger partial charge in [0.05, 0.1) is 0 Å². The summed E-state index contributed by atoms with van der Waals surface area (Å²) in [4.78, 5) is 24.2. The molecule has 0 heterocycles. The summed E-state index contributed by atoms with van der Waals surface area (Å²) >= 11 is 0. The molecule has 0 aromatic heterocycles. The van der Waals surface area contributed by atoms with Gasteiger partial charge in [-0.1, -0.05) is 18.2 Å². The molecule has 3 aromatic carbocycles. The van der Waals surface area contributed by atoms with E-state index in [0.717, 1.165) is 18.6 Å². The molecule has 0 aliphatic heterocycles. The summed E-state index contributed by atoms with van der Waals surface area (Å²) in [6, 6.07) is 23.5. The molecule has 1 fully saturated rings. The summed E-state index contributed by atoms with van der Waals surface area (Å²) in [7, 11) is 0. The van der Waals surface area contributed by atoms with Crippen LogP contribution in [0.2, 0.25) is 0 Å². The number of hydrogen-bond donors (Lipinski definition) is 3. The van der Waals surface area contributed by atoms with E-state index in [9.17, 15) is 9.59 Å². The van der Waals surface area contributed by atoms with Gasteiger partial charge in [0.2, 0.25) is 0 Å². The van der Waals surface area contributed by atoms with Gasteiger partial charge in [0.1, 0.15) is 11.5 Å². The molecular formula is C23H21N3O3. The standard InChI is InChI=1S/C23H21N3O3/c27-22(16-6-14-21(15-7-16)29-20-4-2-1-3-5-20)24-17-8-10-18(11-9-17)25-23(28)26-19-12-13-19/h1-11,14-15,19H,12-13H2,(H,24,27)(H2,25,26,28). The Hall–Kier alpha value is -3.80. The van der Waals surface area contributed by atoms with E-state index >= 15 is 0 Å². The first-order valence-corrected chi connectivity index (χ1v) is 9.48. The highest BCUT2D eigenvalue weighted by atomic mass is 16.5. The van der Waals surface area contributed by atoms with E-state index in [2.05, 4.69) is 16.0 Å². The maximum atomic E-state index is 12.4. The Morgan fingerprint density at radius 3 is 1.93 bits per heavy atom. The minimum Gasteiger partial charge on any atom is -0.457 e. The van der Waals surface area contributed by atoms with E-state index < -0.39 is 0 Å². The topological polar surface area (TPSA) is 79.5 Å².